The van der Waals surface area contributed by atoms with Crippen molar-refractivity contribution >= 4 is 5.78 Å². The average Bonchev–Trinajstić information content (AvgIpc) is 3.00. The van der Waals surface area contributed by atoms with E-state index in [1.54, 1.807) is 0 Å². The lowest BCUT2D eigenvalue weighted by molar-refractivity contribution is -0.110. The summed E-state index contributed by atoms with van der Waals surface area (Å²) >= 11 is 0. The van der Waals surface area contributed by atoms with Crippen molar-refractivity contribution in [2.24, 2.45) is 35.0 Å². The van der Waals surface area contributed by atoms with Gasteiger partial charge in [-0.25, -0.2) is 0 Å². The number of carbonyl (C=O) groups is 1. The van der Waals surface area contributed by atoms with Crippen LogP contribution in [0.2, 0.25) is 0 Å². The van der Waals surface area contributed by atoms with Crippen LogP contribution in [0.5, 0.6) is 0 Å². The van der Waals surface area contributed by atoms with Gasteiger partial charge in [0.2, 0.25) is 0 Å². The maximum Gasteiger partial charge on any atom is 0.178 e. The first-order valence-corrected chi connectivity index (χ1v) is 10.0. The molecule has 134 valence electrons. The van der Waals surface area contributed by atoms with Gasteiger partial charge in [-0.15, -0.1) is 13.2 Å². The van der Waals surface area contributed by atoms with Crippen LogP contribution < -0.4 is 0 Å². The third-order valence-corrected chi connectivity index (χ3v) is 7.23. The molecule has 0 saturated heterocycles. The van der Waals surface area contributed by atoms with Gasteiger partial charge in [-0.1, -0.05) is 45.8 Å². The molecule has 0 N–H and O–H groups in total. The Balaban J connectivity index is 0.000000487. The highest BCUT2D eigenvalue weighted by Crippen LogP contribution is 2.61. The Bertz CT molecular complexity index is 514. The molecule has 4 aliphatic rings. The van der Waals surface area contributed by atoms with E-state index in [0.29, 0.717) is 0 Å². The van der Waals surface area contributed by atoms with Crippen LogP contribution in [0.1, 0.15) is 66.2 Å². The van der Waals surface area contributed by atoms with Gasteiger partial charge in [-0.05, 0) is 73.8 Å². The first-order chi connectivity index (χ1) is 11.6. The maximum absolute atomic E-state index is 11.7. The summed E-state index contributed by atoms with van der Waals surface area (Å²) in [5.41, 5.74) is 1.61. The van der Waals surface area contributed by atoms with Crippen molar-refractivity contribution in [1.82, 2.24) is 0 Å². The van der Waals surface area contributed by atoms with E-state index >= 15 is 0 Å². The van der Waals surface area contributed by atoms with Crippen molar-refractivity contribution in [2.45, 2.75) is 66.2 Å². The third-order valence-electron chi connectivity index (χ3n) is 7.23. The van der Waals surface area contributed by atoms with Gasteiger partial charge in [0, 0.05) is 5.41 Å². The Hall–Kier alpha value is -1.11. The van der Waals surface area contributed by atoms with E-state index in [-0.39, 0.29) is 11.2 Å². The van der Waals surface area contributed by atoms with E-state index in [4.69, 9.17) is 0 Å². The molecule has 4 rings (SSSR count). The summed E-state index contributed by atoms with van der Waals surface area (Å²) in [4.78, 5) is 11.7. The second-order valence-electron chi connectivity index (χ2n) is 7.96. The predicted octanol–water partition coefficient (Wildman–Crippen LogP) is 6.37. The predicted molar refractivity (Wildman–Crippen MR) is 104 cm³/mol. The zero-order chi connectivity index (χ0) is 17.9. The summed E-state index contributed by atoms with van der Waals surface area (Å²) in [7, 11) is 0. The van der Waals surface area contributed by atoms with Crippen LogP contribution in [-0.2, 0) is 4.79 Å². The van der Waals surface area contributed by atoms with Gasteiger partial charge in [0.05, 0.1) is 0 Å². The Morgan fingerprint density at radius 2 is 1.67 bits per heavy atom. The minimum absolute atomic E-state index is 0.188. The first kappa shape index (κ1) is 19.2. The molecule has 24 heavy (non-hydrogen) atoms. The van der Waals surface area contributed by atoms with Crippen molar-refractivity contribution in [1.29, 1.82) is 0 Å². The zero-order valence-electron chi connectivity index (χ0n) is 16.2. The minimum Gasteiger partial charge on any atom is -0.290 e. The Morgan fingerprint density at radius 1 is 1.00 bits per heavy atom. The van der Waals surface area contributed by atoms with Crippen LogP contribution in [0.4, 0.5) is 0 Å². The van der Waals surface area contributed by atoms with Crippen LogP contribution >= 0.6 is 0 Å². The molecule has 0 aliphatic heterocycles. The highest BCUT2D eigenvalue weighted by Gasteiger charge is 2.52. The standard InChI is InChI=1S/C19H26O.C2H6.C2H4/c1-12-3-5-16-15(12)7-8-18-17(16)6-4-13-11-14(20)9-10-19(13,18)2;2*1-2/h9-12,15-18H,3-8H2,1-2H3;1-2H3;1-2H2. The summed E-state index contributed by atoms with van der Waals surface area (Å²) in [5.74, 6) is 4.85. The SMILES string of the molecule is C=C.CC.CC1CCC2C1CCC1C2CCC2=CC(=O)C=CC21C. The second-order valence-corrected chi connectivity index (χ2v) is 7.96. The number of hydrogen-bond acceptors (Lipinski definition) is 1. The normalized spacial score (nSPS) is 42.2. The lowest BCUT2D eigenvalue weighted by Crippen LogP contribution is -2.46. The number of ketones is 1. The molecule has 0 heterocycles. The molecule has 0 spiro atoms. The van der Waals surface area contributed by atoms with E-state index in [0.717, 1.165) is 36.0 Å². The largest absolute Gasteiger partial charge is 0.290 e. The highest BCUT2D eigenvalue weighted by molar-refractivity contribution is 6.01. The second kappa shape index (κ2) is 7.85. The van der Waals surface area contributed by atoms with Crippen LogP contribution in [0, 0.1) is 35.0 Å². The van der Waals surface area contributed by atoms with E-state index in [1.807, 2.05) is 26.0 Å². The van der Waals surface area contributed by atoms with E-state index in [2.05, 4.69) is 33.1 Å². The fraction of sp³-hybridized carbons (Fsp3) is 0.696. The number of fused-ring (bicyclic) bond motifs is 5. The molecule has 1 heteroatoms. The molecule has 6 unspecified atom stereocenters. The van der Waals surface area contributed by atoms with Crippen molar-refractivity contribution < 1.29 is 4.79 Å². The molecule has 0 aromatic heterocycles. The monoisotopic (exact) mass is 328 g/mol. The molecular weight excluding hydrogens is 292 g/mol. The molecule has 4 aliphatic carbocycles. The summed E-state index contributed by atoms with van der Waals surface area (Å²) in [6, 6.07) is 0. The molecule has 0 amide bonds. The molecule has 1 nitrogen and oxygen atoms in total. The summed E-state index contributed by atoms with van der Waals surface area (Å²) in [5, 5.41) is 0. The molecule has 3 saturated carbocycles. The van der Waals surface area contributed by atoms with Crippen LogP contribution in [0.25, 0.3) is 0 Å². The van der Waals surface area contributed by atoms with Gasteiger partial charge in [-0.2, -0.15) is 0 Å². The lowest BCUT2D eigenvalue weighted by atomic mass is 9.51. The number of hydrogen-bond donors (Lipinski definition) is 0. The zero-order valence-corrected chi connectivity index (χ0v) is 16.2. The Labute approximate surface area is 149 Å². The number of allylic oxidation sites excluding steroid dienone is 4. The molecule has 0 bridgehead atoms. The van der Waals surface area contributed by atoms with Crippen LogP contribution in [0.3, 0.4) is 0 Å². The highest BCUT2D eigenvalue weighted by atomic mass is 16.1. The summed E-state index contributed by atoms with van der Waals surface area (Å²) in [6.07, 6.45) is 14.2. The molecule has 0 radical (unpaired) electrons. The number of rotatable bonds is 0. The van der Waals surface area contributed by atoms with Crippen molar-refractivity contribution in [3.63, 3.8) is 0 Å². The van der Waals surface area contributed by atoms with Crippen LogP contribution in [-0.4, -0.2) is 5.78 Å². The Morgan fingerprint density at radius 3 is 2.38 bits per heavy atom. The van der Waals surface area contributed by atoms with Crippen LogP contribution in [0.15, 0.2) is 37.0 Å². The quantitative estimate of drug-likeness (QED) is 0.472. The maximum atomic E-state index is 11.7. The molecule has 0 aromatic rings. The van der Waals surface area contributed by atoms with Crippen molar-refractivity contribution in [2.75, 3.05) is 0 Å². The topological polar surface area (TPSA) is 17.1 Å². The van der Waals surface area contributed by atoms with Crippen molar-refractivity contribution in [3.8, 4) is 0 Å². The average molecular weight is 329 g/mol. The molecular formula is C23H36O. The third kappa shape index (κ3) is 3.07. The van der Waals surface area contributed by atoms with Gasteiger partial charge in [0.25, 0.3) is 0 Å². The summed E-state index contributed by atoms with van der Waals surface area (Å²) in [6.45, 7) is 14.9. The van der Waals surface area contributed by atoms with Gasteiger partial charge < -0.3 is 0 Å². The lowest BCUT2D eigenvalue weighted by Gasteiger charge is -2.53. The number of carbonyl (C=O) groups excluding carboxylic acids is 1. The Kier molecular flexibility index (Phi) is 6.28. The van der Waals surface area contributed by atoms with Gasteiger partial charge in [0.15, 0.2) is 5.78 Å². The first-order valence-electron chi connectivity index (χ1n) is 10.0. The van der Waals surface area contributed by atoms with Gasteiger partial charge in [-0.3, -0.25) is 4.79 Å². The van der Waals surface area contributed by atoms with E-state index < -0.39 is 0 Å². The molecule has 6 atom stereocenters. The minimum atomic E-state index is 0.188. The summed E-state index contributed by atoms with van der Waals surface area (Å²) < 4.78 is 0. The van der Waals surface area contributed by atoms with Gasteiger partial charge >= 0.3 is 0 Å². The van der Waals surface area contributed by atoms with Gasteiger partial charge in [0.1, 0.15) is 0 Å². The van der Waals surface area contributed by atoms with Crippen molar-refractivity contribution in [3.05, 3.63) is 37.0 Å². The van der Waals surface area contributed by atoms with E-state index in [1.165, 1.54) is 37.7 Å². The fourth-order valence-electron chi connectivity index (χ4n) is 6.14. The molecule has 0 aromatic carbocycles. The smallest absolute Gasteiger partial charge is 0.178 e. The molecule has 3 fully saturated rings. The fourth-order valence-corrected chi connectivity index (χ4v) is 6.14. The van der Waals surface area contributed by atoms with E-state index in [9.17, 15) is 4.79 Å².